The van der Waals surface area contributed by atoms with E-state index in [2.05, 4.69) is 0 Å². The summed E-state index contributed by atoms with van der Waals surface area (Å²) in [6.45, 7) is 0. The SMILES string of the molecule is Nc1ccc2c(c1)CCC2(O)Cc1cccc(O)c1. The van der Waals surface area contributed by atoms with E-state index in [1.165, 1.54) is 0 Å². The topological polar surface area (TPSA) is 66.5 Å². The van der Waals surface area contributed by atoms with Crippen LogP contribution < -0.4 is 5.73 Å². The van der Waals surface area contributed by atoms with Crippen LogP contribution in [0.1, 0.15) is 23.1 Å². The van der Waals surface area contributed by atoms with Gasteiger partial charge in [0.05, 0.1) is 5.60 Å². The fraction of sp³-hybridized carbons (Fsp3) is 0.250. The van der Waals surface area contributed by atoms with Gasteiger partial charge >= 0.3 is 0 Å². The zero-order valence-corrected chi connectivity index (χ0v) is 10.6. The lowest BCUT2D eigenvalue weighted by molar-refractivity contribution is 0.0389. The Labute approximate surface area is 112 Å². The lowest BCUT2D eigenvalue weighted by atomic mass is 9.88. The molecule has 0 aliphatic heterocycles. The van der Waals surface area contributed by atoms with Crippen LogP contribution in [0, 0.1) is 0 Å². The molecule has 1 aliphatic rings. The third-order valence-electron chi connectivity index (χ3n) is 3.85. The zero-order chi connectivity index (χ0) is 13.5. The molecule has 0 saturated carbocycles. The Morgan fingerprint density at radius 1 is 1.16 bits per heavy atom. The van der Waals surface area contributed by atoms with Crippen LogP contribution >= 0.6 is 0 Å². The number of fused-ring (bicyclic) bond motifs is 1. The Bertz CT molecular complexity index is 624. The van der Waals surface area contributed by atoms with Gasteiger partial charge in [0, 0.05) is 12.1 Å². The highest BCUT2D eigenvalue weighted by atomic mass is 16.3. The Morgan fingerprint density at radius 3 is 2.79 bits per heavy atom. The number of phenolic OH excluding ortho intramolecular Hbond substituents is 1. The average Bonchev–Trinajstić information content (AvgIpc) is 2.66. The third kappa shape index (κ3) is 2.17. The molecule has 3 rings (SSSR count). The molecule has 0 heterocycles. The summed E-state index contributed by atoms with van der Waals surface area (Å²) in [5, 5.41) is 20.4. The molecule has 1 atom stereocenters. The molecule has 1 unspecified atom stereocenters. The first-order chi connectivity index (χ1) is 9.07. The first kappa shape index (κ1) is 12.1. The summed E-state index contributed by atoms with van der Waals surface area (Å²) in [6.07, 6.45) is 2.05. The van der Waals surface area contributed by atoms with E-state index >= 15 is 0 Å². The van der Waals surface area contributed by atoms with Crippen molar-refractivity contribution in [1.82, 2.24) is 0 Å². The monoisotopic (exact) mass is 255 g/mol. The van der Waals surface area contributed by atoms with Crippen molar-refractivity contribution in [2.24, 2.45) is 0 Å². The number of aliphatic hydroxyl groups is 1. The molecule has 4 N–H and O–H groups in total. The van der Waals surface area contributed by atoms with Crippen LogP contribution in [0.2, 0.25) is 0 Å². The van der Waals surface area contributed by atoms with E-state index in [4.69, 9.17) is 5.73 Å². The maximum atomic E-state index is 10.9. The summed E-state index contributed by atoms with van der Waals surface area (Å²) in [6, 6.07) is 12.7. The van der Waals surface area contributed by atoms with Gasteiger partial charge in [-0.25, -0.2) is 0 Å². The number of hydrogen-bond donors (Lipinski definition) is 3. The van der Waals surface area contributed by atoms with Gasteiger partial charge in [-0.1, -0.05) is 18.2 Å². The van der Waals surface area contributed by atoms with Gasteiger partial charge in [-0.15, -0.1) is 0 Å². The number of aromatic hydroxyl groups is 1. The molecule has 0 aromatic heterocycles. The number of nitrogens with two attached hydrogens (primary N) is 1. The van der Waals surface area contributed by atoms with Crippen molar-refractivity contribution in [1.29, 1.82) is 0 Å². The number of nitrogen functional groups attached to an aromatic ring is 1. The van der Waals surface area contributed by atoms with E-state index in [1.807, 2.05) is 24.3 Å². The minimum absolute atomic E-state index is 0.233. The van der Waals surface area contributed by atoms with Gasteiger partial charge in [0.2, 0.25) is 0 Å². The average molecular weight is 255 g/mol. The second-order valence-electron chi connectivity index (χ2n) is 5.29. The second-order valence-corrected chi connectivity index (χ2v) is 5.29. The fourth-order valence-corrected chi connectivity index (χ4v) is 2.94. The number of benzene rings is 2. The number of rotatable bonds is 2. The molecule has 0 fully saturated rings. The van der Waals surface area contributed by atoms with Crippen molar-refractivity contribution in [3.8, 4) is 5.75 Å². The molecule has 0 bridgehead atoms. The summed E-state index contributed by atoms with van der Waals surface area (Å²) in [5.41, 5.74) is 8.69. The molecule has 2 aromatic carbocycles. The van der Waals surface area contributed by atoms with Crippen LogP contribution in [0.25, 0.3) is 0 Å². The molecule has 0 amide bonds. The molecular weight excluding hydrogens is 238 g/mol. The van der Waals surface area contributed by atoms with Crippen molar-refractivity contribution in [3.05, 3.63) is 59.2 Å². The summed E-state index contributed by atoms with van der Waals surface area (Å²) < 4.78 is 0. The molecule has 19 heavy (non-hydrogen) atoms. The van der Waals surface area contributed by atoms with Crippen LogP contribution in [0.15, 0.2) is 42.5 Å². The van der Waals surface area contributed by atoms with E-state index < -0.39 is 5.60 Å². The highest BCUT2D eigenvalue weighted by Crippen LogP contribution is 2.40. The Kier molecular flexibility index (Phi) is 2.72. The van der Waals surface area contributed by atoms with Gasteiger partial charge in [-0.05, 0) is 53.8 Å². The predicted octanol–water partition coefficient (Wildman–Crippen LogP) is 2.35. The highest BCUT2D eigenvalue weighted by molar-refractivity contribution is 5.49. The van der Waals surface area contributed by atoms with Gasteiger partial charge in [0.25, 0.3) is 0 Å². The minimum atomic E-state index is -0.850. The zero-order valence-electron chi connectivity index (χ0n) is 10.6. The largest absolute Gasteiger partial charge is 0.508 e. The van der Waals surface area contributed by atoms with Gasteiger partial charge in [0.15, 0.2) is 0 Å². The second kappa shape index (κ2) is 4.28. The Morgan fingerprint density at radius 2 is 2.00 bits per heavy atom. The minimum Gasteiger partial charge on any atom is -0.508 e. The summed E-state index contributed by atoms with van der Waals surface area (Å²) >= 11 is 0. The van der Waals surface area contributed by atoms with Crippen molar-refractivity contribution in [2.45, 2.75) is 24.9 Å². The Hall–Kier alpha value is -2.00. The van der Waals surface area contributed by atoms with Gasteiger partial charge in [0.1, 0.15) is 5.75 Å². The molecular formula is C16H17NO2. The number of anilines is 1. The van der Waals surface area contributed by atoms with Crippen molar-refractivity contribution < 1.29 is 10.2 Å². The van der Waals surface area contributed by atoms with Gasteiger partial charge in [-0.2, -0.15) is 0 Å². The summed E-state index contributed by atoms with van der Waals surface area (Å²) in [7, 11) is 0. The van der Waals surface area contributed by atoms with Gasteiger partial charge < -0.3 is 15.9 Å². The predicted molar refractivity (Wildman–Crippen MR) is 74.9 cm³/mol. The maximum absolute atomic E-state index is 10.9. The Balaban J connectivity index is 1.94. The van der Waals surface area contributed by atoms with E-state index in [-0.39, 0.29) is 5.75 Å². The van der Waals surface area contributed by atoms with Crippen LogP contribution in [0.5, 0.6) is 5.75 Å². The number of aryl methyl sites for hydroxylation is 1. The molecule has 0 radical (unpaired) electrons. The van der Waals surface area contributed by atoms with Crippen LogP contribution in [0.3, 0.4) is 0 Å². The normalized spacial score (nSPS) is 21.3. The maximum Gasteiger partial charge on any atom is 0.115 e. The van der Waals surface area contributed by atoms with Crippen molar-refractivity contribution >= 4 is 5.69 Å². The lowest BCUT2D eigenvalue weighted by Crippen LogP contribution is -2.25. The molecule has 1 aliphatic carbocycles. The van der Waals surface area contributed by atoms with Crippen LogP contribution in [-0.2, 0) is 18.4 Å². The molecule has 0 spiro atoms. The number of phenols is 1. The van der Waals surface area contributed by atoms with E-state index in [0.717, 1.165) is 28.8 Å². The highest BCUT2D eigenvalue weighted by Gasteiger charge is 2.36. The fourth-order valence-electron chi connectivity index (χ4n) is 2.94. The summed E-state index contributed by atoms with van der Waals surface area (Å²) in [5.74, 6) is 0.233. The molecule has 2 aromatic rings. The first-order valence-corrected chi connectivity index (χ1v) is 6.46. The lowest BCUT2D eigenvalue weighted by Gasteiger charge is -2.24. The van der Waals surface area contributed by atoms with Crippen LogP contribution in [-0.4, -0.2) is 10.2 Å². The smallest absolute Gasteiger partial charge is 0.115 e. The van der Waals surface area contributed by atoms with Crippen LogP contribution in [0.4, 0.5) is 5.69 Å². The quantitative estimate of drug-likeness (QED) is 0.722. The van der Waals surface area contributed by atoms with E-state index in [0.29, 0.717) is 12.8 Å². The standard InChI is InChI=1S/C16H17NO2/c17-13-4-5-15-12(9-13)6-7-16(15,19)10-11-2-1-3-14(18)8-11/h1-5,8-9,18-19H,6-7,10,17H2. The number of hydrogen-bond acceptors (Lipinski definition) is 3. The molecule has 98 valence electrons. The van der Waals surface area contributed by atoms with Crippen molar-refractivity contribution in [3.63, 3.8) is 0 Å². The van der Waals surface area contributed by atoms with E-state index in [9.17, 15) is 10.2 Å². The first-order valence-electron chi connectivity index (χ1n) is 6.46. The van der Waals surface area contributed by atoms with Crippen molar-refractivity contribution in [2.75, 3.05) is 5.73 Å². The molecule has 0 saturated heterocycles. The third-order valence-corrected chi connectivity index (χ3v) is 3.85. The van der Waals surface area contributed by atoms with Gasteiger partial charge in [-0.3, -0.25) is 0 Å². The molecule has 3 heteroatoms. The summed E-state index contributed by atoms with van der Waals surface area (Å²) in [4.78, 5) is 0. The van der Waals surface area contributed by atoms with E-state index in [1.54, 1.807) is 18.2 Å². The molecule has 3 nitrogen and oxygen atoms in total.